The third-order valence-corrected chi connectivity index (χ3v) is 5.21. The molecule has 0 aromatic heterocycles. The maximum absolute atomic E-state index is 13.5. The molecule has 2 rings (SSSR count). The maximum atomic E-state index is 13.5. The number of aliphatic hydroxyl groups excluding tert-OH is 1. The van der Waals surface area contributed by atoms with Crippen molar-refractivity contribution in [1.82, 2.24) is 5.32 Å². The highest BCUT2D eigenvalue weighted by Crippen LogP contribution is 2.21. The fraction of sp³-hybridized carbons (Fsp3) is 0.381. The monoisotopic (exact) mass is 502 g/mol. The Morgan fingerprint density at radius 1 is 1.14 bits per heavy atom. The molecule has 0 heterocycles. The molecule has 0 fully saturated rings. The lowest BCUT2D eigenvalue weighted by molar-refractivity contribution is -0.118. The third-order valence-electron chi connectivity index (χ3n) is 4.53. The summed E-state index contributed by atoms with van der Waals surface area (Å²) in [5.74, 6) is -1.93. The van der Waals surface area contributed by atoms with Crippen LogP contribution in [0.5, 0.6) is 0 Å². The first-order valence-electron chi connectivity index (χ1n) is 9.20. The average Bonchev–Trinajstić information content (AvgIpc) is 2.59. The molecule has 0 saturated carbocycles. The van der Waals surface area contributed by atoms with Gasteiger partial charge in [0.25, 0.3) is 0 Å². The lowest BCUT2D eigenvalue weighted by atomic mass is 9.89. The van der Waals surface area contributed by atoms with Crippen LogP contribution in [-0.2, 0) is 17.8 Å². The molecule has 2 aromatic rings. The van der Waals surface area contributed by atoms with Crippen LogP contribution in [0.4, 0.5) is 8.78 Å². The molecule has 2 atom stereocenters. The highest BCUT2D eigenvalue weighted by Gasteiger charge is 2.20. The maximum Gasteiger partial charge on any atom is 0.217 e. The van der Waals surface area contributed by atoms with Gasteiger partial charge in [-0.15, -0.1) is 0 Å². The molecule has 7 heteroatoms. The fourth-order valence-electron chi connectivity index (χ4n) is 3.18. The first-order valence-corrected chi connectivity index (χ1v) is 10.3. The molecule has 0 unspecified atom stereocenters. The van der Waals surface area contributed by atoms with Crippen molar-refractivity contribution < 1.29 is 18.7 Å². The smallest absolute Gasteiger partial charge is 0.217 e. The van der Waals surface area contributed by atoms with Crippen LogP contribution in [0.15, 0.2) is 42.5 Å². The van der Waals surface area contributed by atoms with Gasteiger partial charge in [-0.2, -0.15) is 0 Å². The van der Waals surface area contributed by atoms with Crippen LogP contribution in [0.25, 0.3) is 0 Å². The SMILES string of the molecule is NC(=O)CCC[C@@H](Cc1cc(F)cc(F)c1)[C@@H](O)CNCc1cccc(I)c1. The zero-order chi connectivity index (χ0) is 20.5. The molecule has 0 bridgehead atoms. The fourth-order valence-corrected chi connectivity index (χ4v) is 3.79. The van der Waals surface area contributed by atoms with E-state index in [9.17, 15) is 18.7 Å². The van der Waals surface area contributed by atoms with E-state index in [2.05, 4.69) is 34.0 Å². The van der Waals surface area contributed by atoms with E-state index in [1.165, 1.54) is 12.1 Å². The van der Waals surface area contributed by atoms with Gasteiger partial charge in [0.15, 0.2) is 0 Å². The zero-order valence-electron chi connectivity index (χ0n) is 15.5. The van der Waals surface area contributed by atoms with Crippen LogP contribution in [0.3, 0.4) is 0 Å². The Bertz CT molecular complexity index is 769. The summed E-state index contributed by atoms with van der Waals surface area (Å²) in [4.78, 5) is 11.0. The Morgan fingerprint density at radius 3 is 2.50 bits per heavy atom. The number of benzene rings is 2. The minimum atomic E-state index is -0.720. The van der Waals surface area contributed by atoms with Crippen molar-refractivity contribution in [3.05, 3.63) is 68.8 Å². The second kappa shape index (κ2) is 11.4. The number of amides is 1. The Balaban J connectivity index is 1.96. The average molecular weight is 502 g/mol. The molecule has 0 aliphatic rings. The van der Waals surface area contributed by atoms with E-state index in [1.807, 2.05) is 18.2 Å². The summed E-state index contributed by atoms with van der Waals surface area (Å²) in [7, 11) is 0. The minimum absolute atomic E-state index is 0.219. The number of nitrogens with one attached hydrogen (secondary N) is 1. The number of halogens is 3. The van der Waals surface area contributed by atoms with Crippen molar-refractivity contribution in [3.63, 3.8) is 0 Å². The Hall–Kier alpha value is -1.58. The molecule has 4 nitrogen and oxygen atoms in total. The predicted molar refractivity (Wildman–Crippen MR) is 113 cm³/mol. The van der Waals surface area contributed by atoms with Crippen LogP contribution >= 0.6 is 22.6 Å². The van der Waals surface area contributed by atoms with Gasteiger partial charge in [-0.25, -0.2) is 8.78 Å². The second-order valence-electron chi connectivity index (χ2n) is 6.93. The van der Waals surface area contributed by atoms with Crippen molar-refractivity contribution in [1.29, 1.82) is 0 Å². The lowest BCUT2D eigenvalue weighted by Gasteiger charge is -2.24. The summed E-state index contributed by atoms with van der Waals surface area (Å²) in [5, 5.41) is 13.9. The van der Waals surface area contributed by atoms with E-state index in [0.29, 0.717) is 37.9 Å². The number of hydrogen-bond donors (Lipinski definition) is 3. The zero-order valence-corrected chi connectivity index (χ0v) is 17.7. The van der Waals surface area contributed by atoms with E-state index in [1.54, 1.807) is 0 Å². The van der Waals surface area contributed by atoms with Crippen molar-refractivity contribution >= 4 is 28.5 Å². The van der Waals surface area contributed by atoms with E-state index < -0.39 is 23.6 Å². The Kier molecular flexibility index (Phi) is 9.27. The summed E-state index contributed by atoms with van der Waals surface area (Å²) >= 11 is 2.24. The normalized spacial score (nSPS) is 13.3. The molecule has 4 N–H and O–H groups in total. The van der Waals surface area contributed by atoms with Crippen LogP contribution in [0, 0.1) is 21.1 Å². The molecule has 2 aromatic carbocycles. The Morgan fingerprint density at radius 2 is 1.86 bits per heavy atom. The molecule has 0 spiro atoms. The molecular weight excluding hydrogens is 477 g/mol. The number of hydrogen-bond acceptors (Lipinski definition) is 3. The number of rotatable bonds is 11. The first kappa shape index (κ1) is 22.7. The van der Waals surface area contributed by atoms with Crippen LogP contribution < -0.4 is 11.1 Å². The number of nitrogens with two attached hydrogens (primary N) is 1. The summed E-state index contributed by atoms with van der Waals surface area (Å²) in [6, 6.07) is 11.4. The molecule has 0 saturated heterocycles. The van der Waals surface area contributed by atoms with Gasteiger partial charge in [0, 0.05) is 29.1 Å². The largest absolute Gasteiger partial charge is 0.392 e. The second-order valence-corrected chi connectivity index (χ2v) is 8.17. The topological polar surface area (TPSA) is 75.4 Å². The number of carbonyl (C=O) groups excluding carboxylic acids is 1. The van der Waals surface area contributed by atoms with Crippen LogP contribution in [-0.4, -0.2) is 23.7 Å². The van der Waals surface area contributed by atoms with Gasteiger partial charge < -0.3 is 16.2 Å². The predicted octanol–water partition coefficient (Wildman–Crippen LogP) is 3.53. The van der Waals surface area contributed by atoms with E-state index in [-0.39, 0.29) is 12.3 Å². The lowest BCUT2D eigenvalue weighted by Crippen LogP contribution is -2.34. The van der Waals surface area contributed by atoms with Gasteiger partial charge in [-0.05, 0) is 83.2 Å². The van der Waals surface area contributed by atoms with Gasteiger partial charge in [-0.1, -0.05) is 12.1 Å². The highest BCUT2D eigenvalue weighted by atomic mass is 127. The Labute approximate surface area is 177 Å². The van der Waals surface area contributed by atoms with Crippen LogP contribution in [0.1, 0.15) is 30.4 Å². The summed E-state index contributed by atoms with van der Waals surface area (Å²) in [5.41, 5.74) is 6.78. The molecule has 1 amide bonds. The van der Waals surface area contributed by atoms with Gasteiger partial charge in [-0.3, -0.25) is 4.79 Å². The summed E-state index contributed by atoms with van der Waals surface area (Å²) in [6.07, 6.45) is 0.872. The minimum Gasteiger partial charge on any atom is -0.392 e. The quantitative estimate of drug-likeness (QED) is 0.412. The molecule has 28 heavy (non-hydrogen) atoms. The van der Waals surface area contributed by atoms with Crippen LogP contribution in [0.2, 0.25) is 0 Å². The third kappa shape index (κ3) is 8.20. The van der Waals surface area contributed by atoms with Gasteiger partial charge in [0.1, 0.15) is 11.6 Å². The summed E-state index contributed by atoms with van der Waals surface area (Å²) < 4.78 is 28.1. The highest BCUT2D eigenvalue weighted by molar-refractivity contribution is 14.1. The molecule has 0 aliphatic heterocycles. The standard InChI is InChI=1S/C21H25F2IN2O2/c22-17-8-15(9-18(23)11-17)7-16(4-2-6-21(25)28)20(27)13-26-12-14-3-1-5-19(24)10-14/h1,3,5,8-11,16,20,26-27H,2,4,6-7,12-13H2,(H2,25,28)/t16-,20-/m0/s1. The van der Waals surface area contributed by atoms with Gasteiger partial charge in [0.05, 0.1) is 6.10 Å². The van der Waals surface area contributed by atoms with Gasteiger partial charge in [0.2, 0.25) is 5.91 Å². The number of aliphatic hydroxyl groups is 1. The van der Waals surface area contributed by atoms with Crippen molar-refractivity contribution in [3.8, 4) is 0 Å². The van der Waals surface area contributed by atoms with Gasteiger partial charge >= 0.3 is 0 Å². The number of primary amides is 1. The number of carbonyl (C=O) groups is 1. The van der Waals surface area contributed by atoms with Crippen molar-refractivity contribution in [2.45, 2.75) is 38.3 Å². The molecule has 0 aliphatic carbocycles. The summed E-state index contributed by atoms with van der Waals surface area (Å²) in [6.45, 7) is 0.945. The van der Waals surface area contributed by atoms with E-state index in [4.69, 9.17) is 5.73 Å². The molecule has 152 valence electrons. The van der Waals surface area contributed by atoms with E-state index in [0.717, 1.165) is 15.2 Å². The van der Waals surface area contributed by atoms with Crippen molar-refractivity contribution in [2.24, 2.45) is 11.7 Å². The van der Waals surface area contributed by atoms with Crippen molar-refractivity contribution in [2.75, 3.05) is 6.54 Å². The van der Waals surface area contributed by atoms with E-state index >= 15 is 0 Å². The first-order chi connectivity index (χ1) is 13.3. The molecule has 0 radical (unpaired) electrons. The molecular formula is C21H25F2IN2O2.